The Morgan fingerprint density at radius 2 is 1.95 bits per heavy atom. The van der Waals surface area contributed by atoms with Crippen molar-refractivity contribution < 1.29 is 0 Å². The molecule has 1 aromatic rings. The molecule has 0 aliphatic carbocycles. The Morgan fingerprint density at radius 1 is 1.21 bits per heavy atom. The molecule has 0 aromatic heterocycles. The molecule has 2 heteroatoms. The van der Waals surface area contributed by atoms with Crippen LogP contribution in [0.2, 0.25) is 0 Å². The maximum Gasteiger partial charge on any atom is 0.0201 e. The Labute approximate surface area is 118 Å². The third-order valence-corrected chi connectivity index (χ3v) is 4.06. The van der Waals surface area contributed by atoms with Gasteiger partial charge in [-0.3, -0.25) is 0 Å². The summed E-state index contributed by atoms with van der Waals surface area (Å²) in [6, 6.07) is 11.6. The summed E-state index contributed by atoms with van der Waals surface area (Å²) in [5, 5.41) is 3.74. The van der Waals surface area contributed by atoms with Crippen molar-refractivity contribution in [2.45, 2.75) is 39.2 Å². The molecule has 1 heterocycles. The van der Waals surface area contributed by atoms with Crippen LogP contribution < -0.4 is 5.32 Å². The van der Waals surface area contributed by atoms with Gasteiger partial charge < -0.3 is 10.2 Å². The largest absolute Gasteiger partial charge is 0.312 e. The average molecular weight is 260 g/mol. The number of nitrogens with one attached hydrogen (secondary N) is 1. The predicted octanol–water partition coefficient (Wildman–Crippen LogP) is 3.11. The summed E-state index contributed by atoms with van der Waals surface area (Å²) >= 11 is 0. The van der Waals surface area contributed by atoms with Crippen molar-refractivity contribution in [3.05, 3.63) is 35.9 Å². The summed E-state index contributed by atoms with van der Waals surface area (Å²) in [5.41, 5.74) is 1.50. The summed E-state index contributed by atoms with van der Waals surface area (Å²) in [6.45, 7) is 11.5. The van der Waals surface area contributed by atoms with E-state index in [1.165, 1.54) is 25.1 Å². The highest BCUT2D eigenvalue weighted by Gasteiger charge is 2.27. The number of piperidine rings is 1. The lowest BCUT2D eigenvalue weighted by Crippen LogP contribution is -2.49. The topological polar surface area (TPSA) is 15.3 Å². The number of hydrogen-bond acceptors (Lipinski definition) is 2. The molecule has 106 valence electrons. The first-order valence-corrected chi connectivity index (χ1v) is 7.69. The maximum atomic E-state index is 3.74. The van der Waals surface area contributed by atoms with Gasteiger partial charge in [0.25, 0.3) is 0 Å². The minimum Gasteiger partial charge on any atom is -0.312 e. The smallest absolute Gasteiger partial charge is 0.0201 e. The van der Waals surface area contributed by atoms with Crippen LogP contribution in [-0.2, 0) is 0 Å². The van der Waals surface area contributed by atoms with Gasteiger partial charge in [-0.05, 0) is 36.9 Å². The molecular formula is C17H28N2. The van der Waals surface area contributed by atoms with Crippen molar-refractivity contribution in [3.8, 4) is 0 Å². The predicted molar refractivity (Wildman–Crippen MR) is 82.5 cm³/mol. The van der Waals surface area contributed by atoms with Crippen molar-refractivity contribution in [1.29, 1.82) is 0 Å². The number of rotatable bonds is 5. The number of benzene rings is 1. The van der Waals surface area contributed by atoms with Crippen LogP contribution in [-0.4, -0.2) is 37.1 Å². The van der Waals surface area contributed by atoms with Crippen molar-refractivity contribution in [1.82, 2.24) is 10.2 Å². The van der Waals surface area contributed by atoms with Gasteiger partial charge in [0.05, 0.1) is 0 Å². The van der Waals surface area contributed by atoms with Crippen LogP contribution in [0.25, 0.3) is 0 Å². The lowest BCUT2D eigenvalue weighted by Gasteiger charge is -2.38. The van der Waals surface area contributed by atoms with E-state index < -0.39 is 0 Å². The highest BCUT2D eigenvalue weighted by Crippen LogP contribution is 2.26. The summed E-state index contributed by atoms with van der Waals surface area (Å²) in [6.07, 6.45) is 1.27. The van der Waals surface area contributed by atoms with Crippen LogP contribution in [0.15, 0.2) is 30.3 Å². The van der Waals surface area contributed by atoms with Crippen LogP contribution in [0.4, 0.5) is 0 Å². The maximum absolute atomic E-state index is 3.74. The third-order valence-electron chi connectivity index (χ3n) is 4.06. The standard InChI is InChI=1S/C17H28N2/c1-4-19-12-16(15-8-6-5-7-9-15)10-17(13-19)18-11-14(2)3/h5-9,14,16-18H,4,10-13H2,1-3H3. The molecule has 0 saturated carbocycles. The van der Waals surface area contributed by atoms with Gasteiger partial charge in [-0.1, -0.05) is 51.1 Å². The van der Waals surface area contributed by atoms with Gasteiger partial charge >= 0.3 is 0 Å². The fourth-order valence-electron chi connectivity index (χ4n) is 2.97. The molecule has 2 unspecified atom stereocenters. The van der Waals surface area contributed by atoms with Gasteiger partial charge in [0.2, 0.25) is 0 Å². The summed E-state index contributed by atoms with van der Waals surface area (Å²) in [4.78, 5) is 2.58. The number of likely N-dealkylation sites (tertiary alicyclic amines) is 1. The highest BCUT2D eigenvalue weighted by atomic mass is 15.2. The summed E-state index contributed by atoms with van der Waals surface area (Å²) < 4.78 is 0. The van der Waals surface area contributed by atoms with Crippen LogP contribution in [0, 0.1) is 5.92 Å². The lowest BCUT2D eigenvalue weighted by atomic mass is 9.88. The SMILES string of the molecule is CCN1CC(NCC(C)C)CC(c2ccccc2)C1. The molecule has 1 aliphatic heterocycles. The molecule has 2 nitrogen and oxygen atoms in total. The second-order valence-electron chi connectivity index (χ2n) is 6.19. The summed E-state index contributed by atoms with van der Waals surface area (Å²) in [5.74, 6) is 1.41. The molecule has 1 N–H and O–H groups in total. The van der Waals surface area contributed by atoms with E-state index >= 15 is 0 Å². The zero-order valence-corrected chi connectivity index (χ0v) is 12.6. The fraction of sp³-hybridized carbons (Fsp3) is 0.647. The normalized spacial score (nSPS) is 24.8. The van der Waals surface area contributed by atoms with Gasteiger partial charge in [-0.25, -0.2) is 0 Å². The number of nitrogens with zero attached hydrogens (tertiary/aromatic N) is 1. The van der Waals surface area contributed by atoms with Crippen molar-refractivity contribution in [2.75, 3.05) is 26.2 Å². The van der Waals surface area contributed by atoms with Crippen molar-refractivity contribution in [2.24, 2.45) is 5.92 Å². The third kappa shape index (κ3) is 4.32. The van der Waals surface area contributed by atoms with Crippen LogP contribution in [0.1, 0.15) is 38.7 Å². The van der Waals surface area contributed by atoms with Gasteiger partial charge in [0.15, 0.2) is 0 Å². The van der Waals surface area contributed by atoms with Crippen molar-refractivity contribution >= 4 is 0 Å². The van der Waals surface area contributed by atoms with E-state index in [4.69, 9.17) is 0 Å². The average Bonchev–Trinajstić information content (AvgIpc) is 2.45. The van der Waals surface area contributed by atoms with E-state index in [1.54, 1.807) is 0 Å². The van der Waals surface area contributed by atoms with E-state index in [0.29, 0.717) is 12.0 Å². The monoisotopic (exact) mass is 260 g/mol. The minimum atomic E-state index is 0.640. The highest BCUT2D eigenvalue weighted by molar-refractivity contribution is 5.21. The van der Waals surface area contributed by atoms with Gasteiger partial charge in [-0.2, -0.15) is 0 Å². The Balaban J connectivity index is 2.00. The van der Waals surface area contributed by atoms with Gasteiger partial charge in [0, 0.05) is 19.1 Å². The molecule has 0 bridgehead atoms. The Kier molecular flexibility index (Phi) is 5.41. The quantitative estimate of drug-likeness (QED) is 0.875. The molecule has 0 radical (unpaired) electrons. The lowest BCUT2D eigenvalue weighted by molar-refractivity contribution is 0.176. The molecule has 0 spiro atoms. The van der Waals surface area contributed by atoms with Gasteiger partial charge in [-0.15, -0.1) is 0 Å². The number of likely N-dealkylation sites (N-methyl/N-ethyl adjacent to an activating group) is 1. The molecule has 1 aromatic carbocycles. The van der Waals surface area contributed by atoms with E-state index in [2.05, 4.69) is 61.3 Å². The first-order valence-electron chi connectivity index (χ1n) is 7.69. The molecule has 1 fully saturated rings. The minimum absolute atomic E-state index is 0.640. The Hall–Kier alpha value is -0.860. The second kappa shape index (κ2) is 7.06. The molecular weight excluding hydrogens is 232 g/mol. The van der Waals surface area contributed by atoms with Crippen LogP contribution >= 0.6 is 0 Å². The summed E-state index contributed by atoms with van der Waals surface area (Å²) in [7, 11) is 0. The van der Waals surface area contributed by atoms with E-state index in [0.717, 1.165) is 19.0 Å². The second-order valence-corrected chi connectivity index (χ2v) is 6.19. The van der Waals surface area contributed by atoms with Crippen LogP contribution in [0.5, 0.6) is 0 Å². The van der Waals surface area contributed by atoms with Crippen molar-refractivity contribution in [3.63, 3.8) is 0 Å². The molecule has 0 amide bonds. The van der Waals surface area contributed by atoms with Gasteiger partial charge in [0.1, 0.15) is 0 Å². The zero-order chi connectivity index (χ0) is 13.7. The van der Waals surface area contributed by atoms with E-state index in [1.807, 2.05) is 0 Å². The fourth-order valence-corrected chi connectivity index (χ4v) is 2.97. The molecule has 1 aliphatic rings. The zero-order valence-electron chi connectivity index (χ0n) is 12.6. The molecule has 2 atom stereocenters. The Bertz CT molecular complexity index is 361. The van der Waals surface area contributed by atoms with E-state index in [9.17, 15) is 0 Å². The molecule has 1 saturated heterocycles. The van der Waals surface area contributed by atoms with Crippen LogP contribution in [0.3, 0.4) is 0 Å². The van der Waals surface area contributed by atoms with E-state index in [-0.39, 0.29) is 0 Å². The Morgan fingerprint density at radius 3 is 2.58 bits per heavy atom. The first kappa shape index (κ1) is 14.5. The molecule has 19 heavy (non-hydrogen) atoms. The molecule has 2 rings (SSSR count). The first-order chi connectivity index (χ1) is 9.19. The number of hydrogen-bond donors (Lipinski definition) is 1.